The largest absolute Gasteiger partial charge is 0.0956 e. The summed E-state index contributed by atoms with van der Waals surface area (Å²) in [6, 6.07) is 0. The molecule has 0 spiro atoms. The van der Waals surface area contributed by atoms with E-state index in [0.29, 0.717) is 0 Å². The van der Waals surface area contributed by atoms with Crippen molar-refractivity contribution >= 4 is 0 Å². The molecule has 1 aliphatic rings. The second-order valence-corrected chi connectivity index (χ2v) is 4.13. The van der Waals surface area contributed by atoms with Crippen LogP contribution in [0.3, 0.4) is 0 Å². The van der Waals surface area contributed by atoms with Crippen LogP contribution in [0.5, 0.6) is 0 Å². The minimum absolute atomic E-state index is 0.786. The van der Waals surface area contributed by atoms with E-state index in [4.69, 9.17) is 0 Å². The molecule has 0 aromatic carbocycles. The third kappa shape index (κ3) is 2.84. The summed E-state index contributed by atoms with van der Waals surface area (Å²) in [5, 5.41) is 0. The quantitative estimate of drug-likeness (QED) is 0.539. The van der Waals surface area contributed by atoms with E-state index in [1.807, 2.05) is 0 Å². The average molecular weight is 164 g/mol. The third-order valence-electron chi connectivity index (χ3n) is 2.60. The fourth-order valence-corrected chi connectivity index (χ4v) is 1.96. The van der Waals surface area contributed by atoms with E-state index in [2.05, 4.69) is 26.5 Å². The predicted molar refractivity (Wildman–Crippen MR) is 55.1 cm³/mol. The van der Waals surface area contributed by atoms with Crippen molar-refractivity contribution in [3.63, 3.8) is 0 Å². The summed E-state index contributed by atoms with van der Waals surface area (Å²) >= 11 is 0. The van der Waals surface area contributed by atoms with Crippen LogP contribution in [-0.4, -0.2) is 0 Å². The zero-order chi connectivity index (χ0) is 8.97. The van der Waals surface area contributed by atoms with Crippen molar-refractivity contribution in [1.82, 2.24) is 0 Å². The van der Waals surface area contributed by atoms with Gasteiger partial charge in [-0.25, -0.2) is 0 Å². The van der Waals surface area contributed by atoms with Crippen LogP contribution >= 0.6 is 0 Å². The van der Waals surface area contributed by atoms with Crippen LogP contribution in [0.1, 0.15) is 46.0 Å². The van der Waals surface area contributed by atoms with E-state index in [-0.39, 0.29) is 0 Å². The monoisotopic (exact) mass is 164 g/mol. The first-order valence-electron chi connectivity index (χ1n) is 5.04. The lowest BCUT2D eigenvalue weighted by Crippen LogP contribution is -2.07. The lowest BCUT2D eigenvalue weighted by molar-refractivity contribution is 0.409. The SMILES string of the molecule is C=C(C=C(C)C)C1CCCCC1. The van der Waals surface area contributed by atoms with Gasteiger partial charge in [0.1, 0.15) is 0 Å². The van der Waals surface area contributed by atoms with Crippen LogP contribution in [0.15, 0.2) is 23.8 Å². The number of rotatable bonds is 2. The van der Waals surface area contributed by atoms with Gasteiger partial charge in [0.2, 0.25) is 0 Å². The van der Waals surface area contributed by atoms with E-state index in [1.54, 1.807) is 0 Å². The minimum atomic E-state index is 0.786. The molecule has 0 aromatic rings. The number of allylic oxidation sites excluding steroid dienone is 3. The molecule has 0 atom stereocenters. The summed E-state index contributed by atoms with van der Waals surface area (Å²) < 4.78 is 0. The Bertz CT molecular complexity index is 176. The maximum Gasteiger partial charge on any atom is -0.0168 e. The highest BCUT2D eigenvalue weighted by Gasteiger charge is 2.14. The highest BCUT2D eigenvalue weighted by Crippen LogP contribution is 2.29. The number of hydrogen-bond donors (Lipinski definition) is 0. The molecule has 0 heterocycles. The highest BCUT2D eigenvalue weighted by molar-refractivity contribution is 5.21. The molecule has 68 valence electrons. The third-order valence-corrected chi connectivity index (χ3v) is 2.60. The highest BCUT2D eigenvalue weighted by atomic mass is 14.2. The molecular formula is C12H20. The molecule has 0 N–H and O–H groups in total. The summed E-state index contributed by atoms with van der Waals surface area (Å²) in [6.07, 6.45) is 9.21. The maximum atomic E-state index is 4.14. The molecule has 1 rings (SSSR count). The molecule has 0 saturated heterocycles. The van der Waals surface area contributed by atoms with Gasteiger partial charge < -0.3 is 0 Å². The van der Waals surface area contributed by atoms with Gasteiger partial charge in [0.05, 0.1) is 0 Å². The maximum absolute atomic E-state index is 4.14. The Morgan fingerprint density at radius 3 is 2.25 bits per heavy atom. The van der Waals surface area contributed by atoms with E-state index in [9.17, 15) is 0 Å². The van der Waals surface area contributed by atoms with Crippen molar-refractivity contribution in [3.8, 4) is 0 Å². The first kappa shape index (κ1) is 9.57. The lowest BCUT2D eigenvalue weighted by Gasteiger charge is -2.22. The van der Waals surface area contributed by atoms with E-state index in [1.165, 1.54) is 43.3 Å². The van der Waals surface area contributed by atoms with E-state index < -0.39 is 0 Å². The standard InChI is InChI=1S/C12H20/c1-10(2)9-11(3)12-7-5-4-6-8-12/h9,12H,3-8H2,1-2H3. The van der Waals surface area contributed by atoms with Crippen molar-refractivity contribution in [3.05, 3.63) is 23.8 Å². The topological polar surface area (TPSA) is 0 Å². The van der Waals surface area contributed by atoms with Gasteiger partial charge in [-0.2, -0.15) is 0 Å². The van der Waals surface area contributed by atoms with E-state index in [0.717, 1.165) is 5.92 Å². The Kier molecular flexibility index (Phi) is 3.58. The van der Waals surface area contributed by atoms with Crippen LogP contribution in [0, 0.1) is 5.92 Å². The molecule has 0 unspecified atom stereocenters. The molecule has 0 bridgehead atoms. The summed E-state index contributed by atoms with van der Waals surface area (Å²) in [5.41, 5.74) is 2.74. The summed E-state index contributed by atoms with van der Waals surface area (Å²) in [7, 11) is 0. The Hall–Kier alpha value is -0.520. The fraction of sp³-hybridized carbons (Fsp3) is 0.667. The molecule has 0 nitrogen and oxygen atoms in total. The van der Waals surface area contributed by atoms with E-state index >= 15 is 0 Å². The Labute approximate surface area is 76.4 Å². The second-order valence-electron chi connectivity index (χ2n) is 4.13. The molecule has 0 amide bonds. The molecule has 0 aliphatic heterocycles. The summed E-state index contributed by atoms with van der Waals surface area (Å²) in [4.78, 5) is 0. The molecular weight excluding hydrogens is 144 g/mol. The van der Waals surface area contributed by atoms with Crippen LogP contribution < -0.4 is 0 Å². The van der Waals surface area contributed by atoms with Gasteiger partial charge in [-0.3, -0.25) is 0 Å². The molecule has 12 heavy (non-hydrogen) atoms. The Morgan fingerprint density at radius 2 is 1.75 bits per heavy atom. The Morgan fingerprint density at radius 1 is 1.17 bits per heavy atom. The predicted octanol–water partition coefficient (Wildman–Crippen LogP) is 4.09. The first-order chi connectivity index (χ1) is 5.70. The van der Waals surface area contributed by atoms with Gasteiger partial charge in [0.15, 0.2) is 0 Å². The van der Waals surface area contributed by atoms with Gasteiger partial charge in [-0.05, 0) is 32.6 Å². The first-order valence-corrected chi connectivity index (χ1v) is 5.04. The molecule has 1 saturated carbocycles. The van der Waals surface area contributed by atoms with Crippen LogP contribution in [-0.2, 0) is 0 Å². The van der Waals surface area contributed by atoms with Gasteiger partial charge in [-0.1, -0.05) is 43.1 Å². The van der Waals surface area contributed by atoms with Crippen LogP contribution in [0.4, 0.5) is 0 Å². The van der Waals surface area contributed by atoms with Crippen molar-refractivity contribution in [2.45, 2.75) is 46.0 Å². The van der Waals surface area contributed by atoms with Gasteiger partial charge in [0.25, 0.3) is 0 Å². The van der Waals surface area contributed by atoms with Crippen LogP contribution in [0.25, 0.3) is 0 Å². The van der Waals surface area contributed by atoms with Crippen molar-refractivity contribution in [2.24, 2.45) is 5.92 Å². The lowest BCUT2D eigenvalue weighted by atomic mass is 9.84. The zero-order valence-electron chi connectivity index (χ0n) is 8.40. The van der Waals surface area contributed by atoms with Crippen molar-refractivity contribution < 1.29 is 0 Å². The van der Waals surface area contributed by atoms with Crippen molar-refractivity contribution in [1.29, 1.82) is 0 Å². The van der Waals surface area contributed by atoms with Crippen LogP contribution in [0.2, 0.25) is 0 Å². The fourth-order valence-electron chi connectivity index (χ4n) is 1.96. The molecule has 0 heteroatoms. The van der Waals surface area contributed by atoms with Gasteiger partial charge in [0, 0.05) is 0 Å². The smallest absolute Gasteiger partial charge is 0.0168 e. The van der Waals surface area contributed by atoms with Gasteiger partial charge in [-0.15, -0.1) is 0 Å². The van der Waals surface area contributed by atoms with Crippen molar-refractivity contribution in [2.75, 3.05) is 0 Å². The normalized spacial score (nSPS) is 18.8. The second kappa shape index (κ2) is 4.49. The average Bonchev–Trinajstić information content (AvgIpc) is 2.05. The molecule has 1 fully saturated rings. The molecule has 0 aromatic heterocycles. The summed E-state index contributed by atoms with van der Waals surface area (Å²) in [5.74, 6) is 0.786. The molecule has 0 radical (unpaired) electrons. The Balaban J connectivity index is 2.45. The number of hydrogen-bond acceptors (Lipinski definition) is 0. The summed E-state index contributed by atoms with van der Waals surface area (Å²) in [6.45, 7) is 8.44. The minimum Gasteiger partial charge on any atom is -0.0956 e. The zero-order valence-corrected chi connectivity index (χ0v) is 8.40. The van der Waals surface area contributed by atoms with Gasteiger partial charge >= 0.3 is 0 Å². The molecule has 1 aliphatic carbocycles.